The lowest BCUT2D eigenvalue weighted by Gasteiger charge is -2.23. The Labute approximate surface area is 130 Å². The minimum atomic E-state index is -0.176. The molecule has 0 aliphatic carbocycles. The highest BCUT2D eigenvalue weighted by Gasteiger charge is 2.46. The van der Waals surface area contributed by atoms with E-state index < -0.39 is 0 Å². The molecule has 2 saturated heterocycles. The van der Waals surface area contributed by atoms with Crippen LogP contribution in [0.5, 0.6) is 5.75 Å². The summed E-state index contributed by atoms with van der Waals surface area (Å²) in [7, 11) is 1.72. The first-order valence-electron chi connectivity index (χ1n) is 7.83. The number of hydrogen-bond acceptors (Lipinski definition) is 4. The van der Waals surface area contributed by atoms with Crippen molar-refractivity contribution >= 4 is 5.91 Å². The molecular formula is C17H23NO4. The van der Waals surface area contributed by atoms with E-state index in [1.807, 2.05) is 4.90 Å². The van der Waals surface area contributed by atoms with Gasteiger partial charge in [-0.3, -0.25) is 4.79 Å². The van der Waals surface area contributed by atoms with Crippen LogP contribution in [0.25, 0.3) is 0 Å². The summed E-state index contributed by atoms with van der Waals surface area (Å²) in [5.41, 5.74) is 0.358. The van der Waals surface area contributed by atoms with Gasteiger partial charge in [0.25, 0.3) is 5.91 Å². The van der Waals surface area contributed by atoms with E-state index in [0.29, 0.717) is 24.6 Å². The summed E-state index contributed by atoms with van der Waals surface area (Å²) in [6, 6.07) is 6.53. The van der Waals surface area contributed by atoms with Crippen LogP contribution in [0.3, 0.4) is 0 Å². The summed E-state index contributed by atoms with van der Waals surface area (Å²) in [4.78, 5) is 14.4. The Bertz CT molecular complexity index is 547. The van der Waals surface area contributed by atoms with Crippen molar-refractivity contribution in [3.8, 4) is 5.75 Å². The number of nitrogens with zero attached hydrogens (tertiary/aromatic N) is 1. The van der Waals surface area contributed by atoms with E-state index in [1.54, 1.807) is 25.3 Å². The fourth-order valence-corrected chi connectivity index (χ4v) is 3.53. The van der Waals surface area contributed by atoms with Gasteiger partial charge in [-0.15, -0.1) is 0 Å². The van der Waals surface area contributed by atoms with Gasteiger partial charge >= 0.3 is 0 Å². The smallest absolute Gasteiger partial charge is 0.254 e. The zero-order valence-corrected chi connectivity index (χ0v) is 13.0. The molecule has 1 spiro atoms. The molecule has 0 bridgehead atoms. The van der Waals surface area contributed by atoms with Gasteiger partial charge in [0.05, 0.1) is 18.8 Å². The van der Waals surface area contributed by atoms with Crippen molar-refractivity contribution in [1.82, 2.24) is 4.90 Å². The summed E-state index contributed by atoms with van der Waals surface area (Å²) in [6.07, 6.45) is 2.90. The molecule has 0 aromatic heterocycles. The predicted molar refractivity (Wildman–Crippen MR) is 81.9 cm³/mol. The van der Waals surface area contributed by atoms with Gasteiger partial charge in [-0.25, -0.2) is 0 Å². The third-order valence-corrected chi connectivity index (χ3v) is 4.71. The molecule has 5 nitrogen and oxygen atoms in total. The lowest BCUT2D eigenvalue weighted by Crippen LogP contribution is -2.35. The molecule has 120 valence electrons. The number of aromatic hydroxyl groups is 1. The molecule has 2 fully saturated rings. The van der Waals surface area contributed by atoms with Crippen LogP contribution in [0.2, 0.25) is 0 Å². The van der Waals surface area contributed by atoms with Gasteiger partial charge in [-0.1, -0.05) is 6.07 Å². The number of phenols is 1. The lowest BCUT2D eigenvalue weighted by molar-refractivity contribution is 0.0113. The number of methoxy groups -OCH3 is 1. The van der Waals surface area contributed by atoms with Crippen LogP contribution >= 0.6 is 0 Å². The van der Waals surface area contributed by atoms with E-state index in [-0.39, 0.29) is 17.3 Å². The Morgan fingerprint density at radius 1 is 1.55 bits per heavy atom. The van der Waals surface area contributed by atoms with Gasteiger partial charge in [-0.05, 0) is 43.4 Å². The van der Waals surface area contributed by atoms with Gasteiger partial charge in [-0.2, -0.15) is 0 Å². The molecule has 1 N–H and O–H groups in total. The maximum absolute atomic E-state index is 12.5. The average molecular weight is 305 g/mol. The molecule has 2 aliphatic rings. The quantitative estimate of drug-likeness (QED) is 0.925. The summed E-state index contributed by atoms with van der Waals surface area (Å²) >= 11 is 0. The zero-order chi connectivity index (χ0) is 15.6. The van der Waals surface area contributed by atoms with Crippen molar-refractivity contribution in [3.63, 3.8) is 0 Å². The van der Waals surface area contributed by atoms with Crippen LogP contribution in [-0.4, -0.2) is 54.9 Å². The van der Waals surface area contributed by atoms with E-state index in [9.17, 15) is 9.90 Å². The van der Waals surface area contributed by atoms with Crippen LogP contribution in [0.1, 0.15) is 29.6 Å². The molecular weight excluding hydrogens is 282 g/mol. The first-order valence-corrected chi connectivity index (χ1v) is 7.83. The minimum absolute atomic E-state index is 0.0308. The molecule has 22 heavy (non-hydrogen) atoms. The molecule has 2 atom stereocenters. The number of carbonyl (C=O) groups excluding carboxylic acids is 1. The fourth-order valence-electron chi connectivity index (χ4n) is 3.53. The predicted octanol–water partition coefficient (Wildman–Crippen LogP) is 2.05. The number of benzene rings is 1. The number of hydrogen-bond donors (Lipinski definition) is 1. The average Bonchev–Trinajstić information content (AvgIpc) is 3.12. The number of ether oxygens (including phenoxy) is 2. The van der Waals surface area contributed by atoms with Crippen LogP contribution in [0.15, 0.2) is 24.3 Å². The van der Waals surface area contributed by atoms with Gasteiger partial charge in [0.2, 0.25) is 0 Å². The second-order valence-electron chi connectivity index (χ2n) is 6.37. The molecule has 5 heteroatoms. The zero-order valence-electron chi connectivity index (χ0n) is 13.0. The number of likely N-dealkylation sites (tertiary alicyclic amines) is 1. The highest BCUT2D eigenvalue weighted by molar-refractivity contribution is 5.94. The maximum Gasteiger partial charge on any atom is 0.254 e. The highest BCUT2D eigenvalue weighted by atomic mass is 16.5. The molecule has 2 aliphatic heterocycles. The SMILES string of the molecule is COCC[C@@H]1CO[C@]2(CCN(C(=O)c3cccc(O)c3)C2)C1. The fraction of sp³-hybridized carbons (Fsp3) is 0.588. The molecule has 1 aromatic rings. The standard InChI is InChI=1S/C17H23NO4/c1-21-8-5-13-10-17(22-11-13)6-7-18(12-17)16(20)14-3-2-4-15(19)9-14/h2-4,9,13,19H,5-8,10-12H2,1H3/t13-,17+/m0/s1. The summed E-state index contributed by atoms with van der Waals surface area (Å²) in [5, 5.41) is 9.52. The van der Waals surface area contributed by atoms with E-state index in [1.165, 1.54) is 6.07 Å². The minimum Gasteiger partial charge on any atom is -0.508 e. The van der Waals surface area contributed by atoms with Crippen molar-refractivity contribution in [2.75, 3.05) is 33.4 Å². The Morgan fingerprint density at radius 3 is 3.18 bits per heavy atom. The Hall–Kier alpha value is -1.59. The van der Waals surface area contributed by atoms with Crippen molar-refractivity contribution in [1.29, 1.82) is 0 Å². The number of amides is 1. The van der Waals surface area contributed by atoms with Crippen molar-refractivity contribution in [3.05, 3.63) is 29.8 Å². The van der Waals surface area contributed by atoms with Crippen LogP contribution < -0.4 is 0 Å². The monoisotopic (exact) mass is 305 g/mol. The second-order valence-corrected chi connectivity index (χ2v) is 6.37. The summed E-state index contributed by atoms with van der Waals surface area (Å²) in [6.45, 7) is 2.88. The van der Waals surface area contributed by atoms with E-state index in [2.05, 4.69) is 0 Å². The topological polar surface area (TPSA) is 59.0 Å². The van der Waals surface area contributed by atoms with Gasteiger partial charge in [0.15, 0.2) is 0 Å². The van der Waals surface area contributed by atoms with E-state index in [0.717, 1.165) is 32.5 Å². The Morgan fingerprint density at radius 2 is 2.41 bits per heavy atom. The molecule has 0 unspecified atom stereocenters. The first-order chi connectivity index (χ1) is 10.6. The van der Waals surface area contributed by atoms with Crippen LogP contribution in [0, 0.1) is 5.92 Å². The largest absolute Gasteiger partial charge is 0.508 e. The second kappa shape index (κ2) is 6.26. The molecule has 1 aromatic carbocycles. The van der Waals surface area contributed by atoms with Gasteiger partial charge < -0.3 is 19.5 Å². The van der Waals surface area contributed by atoms with Gasteiger partial charge in [0.1, 0.15) is 5.75 Å². The van der Waals surface area contributed by atoms with E-state index in [4.69, 9.17) is 9.47 Å². The molecule has 0 radical (unpaired) electrons. The van der Waals surface area contributed by atoms with Crippen LogP contribution in [-0.2, 0) is 9.47 Å². The van der Waals surface area contributed by atoms with Crippen LogP contribution in [0.4, 0.5) is 0 Å². The molecule has 3 rings (SSSR count). The number of rotatable bonds is 4. The molecule has 1 amide bonds. The Kier molecular flexibility index (Phi) is 4.36. The first kappa shape index (κ1) is 15.3. The third kappa shape index (κ3) is 3.10. The Balaban J connectivity index is 1.62. The van der Waals surface area contributed by atoms with Crippen molar-refractivity contribution in [2.24, 2.45) is 5.92 Å². The third-order valence-electron chi connectivity index (χ3n) is 4.71. The number of phenolic OH excluding ortho intramolecular Hbond substituents is 1. The normalized spacial score (nSPS) is 27.7. The summed E-state index contributed by atoms with van der Waals surface area (Å²) < 4.78 is 11.2. The lowest BCUT2D eigenvalue weighted by atomic mass is 9.92. The van der Waals surface area contributed by atoms with Crippen molar-refractivity contribution in [2.45, 2.75) is 24.9 Å². The highest BCUT2D eigenvalue weighted by Crippen LogP contribution is 2.39. The van der Waals surface area contributed by atoms with Crippen molar-refractivity contribution < 1.29 is 19.4 Å². The van der Waals surface area contributed by atoms with Gasteiger partial charge in [0, 0.05) is 25.8 Å². The number of carbonyl (C=O) groups is 1. The summed E-state index contributed by atoms with van der Waals surface area (Å²) in [5.74, 6) is 0.615. The molecule has 0 saturated carbocycles. The maximum atomic E-state index is 12.5. The molecule has 2 heterocycles. The van der Waals surface area contributed by atoms with E-state index >= 15 is 0 Å².